The minimum atomic E-state index is -4.37. The Balaban J connectivity index is 2.96. The highest BCUT2D eigenvalue weighted by atomic mass is 127. The summed E-state index contributed by atoms with van der Waals surface area (Å²) in [6.45, 7) is 0. The standard InChI is InChI=1S/C8H7F3IN/c9-8(10,11)7(13)5-2-1-3-6(12)4-5/h1-4,7H,13H2/t7-/m0/s1. The summed E-state index contributed by atoms with van der Waals surface area (Å²) in [5, 5.41) is 0. The van der Waals surface area contributed by atoms with E-state index in [0.29, 0.717) is 0 Å². The lowest BCUT2D eigenvalue weighted by Gasteiger charge is -2.15. The van der Waals surface area contributed by atoms with Gasteiger partial charge in [0.1, 0.15) is 6.04 Å². The molecule has 0 amide bonds. The second kappa shape index (κ2) is 3.83. The van der Waals surface area contributed by atoms with Crippen molar-refractivity contribution in [2.24, 2.45) is 5.73 Å². The molecule has 1 aromatic carbocycles. The Hall–Kier alpha value is -0.300. The van der Waals surface area contributed by atoms with Gasteiger partial charge in [0.25, 0.3) is 0 Å². The number of hydrogen-bond acceptors (Lipinski definition) is 1. The van der Waals surface area contributed by atoms with Gasteiger partial charge >= 0.3 is 6.18 Å². The monoisotopic (exact) mass is 301 g/mol. The number of benzene rings is 1. The quantitative estimate of drug-likeness (QED) is 0.793. The van der Waals surface area contributed by atoms with Gasteiger partial charge in [0.15, 0.2) is 0 Å². The van der Waals surface area contributed by atoms with E-state index in [1.165, 1.54) is 12.1 Å². The van der Waals surface area contributed by atoms with Crippen molar-refractivity contribution in [1.29, 1.82) is 0 Å². The van der Waals surface area contributed by atoms with Gasteiger partial charge in [0.2, 0.25) is 0 Å². The van der Waals surface area contributed by atoms with Crippen LogP contribution in [-0.2, 0) is 0 Å². The molecular formula is C8H7F3IN. The Morgan fingerprint density at radius 1 is 1.31 bits per heavy atom. The fourth-order valence-corrected chi connectivity index (χ4v) is 1.46. The molecule has 0 aliphatic carbocycles. The lowest BCUT2D eigenvalue weighted by molar-refractivity contribution is -0.149. The van der Waals surface area contributed by atoms with E-state index in [1.54, 1.807) is 12.1 Å². The van der Waals surface area contributed by atoms with Crippen LogP contribution in [0, 0.1) is 3.57 Å². The van der Waals surface area contributed by atoms with E-state index in [-0.39, 0.29) is 5.56 Å². The molecule has 1 nitrogen and oxygen atoms in total. The molecule has 5 heteroatoms. The minimum Gasteiger partial charge on any atom is -0.316 e. The first-order valence-electron chi connectivity index (χ1n) is 3.49. The van der Waals surface area contributed by atoms with Crippen LogP contribution in [0.1, 0.15) is 11.6 Å². The number of rotatable bonds is 1. The zero-order chi connectivity index (χ0) is 10.1. The lowest BCUT2D eigenvalue weighted by atomic mass is 10.1. The molecule has 0 unspecified atom stereocenters. The van der Waals surface area contributed by atoms with Crippen molar-refractivity contribution in [2.45, 2.75) is 12.2 Å². The van der Waals surface area contributed by atoms with E-state index in [4.69, 9.17) is 5.73 Å². The van der Waals surface area contributed by atoms with E-state index in [1.807, 2.05) is 22.6 Å². The number of nitrogens with two attached hydrogens (primary N) is 1. The molecule has 1 atom stereocenters. The fraction of sp³-hybridized carbons (Fsp3) is 0.250. The summed E-state index contributed by atoms with van der Waals surface area (Å²) in [6.07, 6.45) is -4.37. The average molecular weight is 301 g/mol. The highest BCUT2D eigenvalue weighted by Gasteiger charge is 2.37. The van der Waals surface area contributed by atoms with Crippen LogP contribution in [-0.4, -0.2) is 6.18 Å². The molecule has 0 aliphatic heterocycles. The topological polar surface area (TPSA) is 26.0 Å². The maximum Gasteiger partial charge on any atom is 0.407 e. The normalized spacial score (nSPS) is 14.2. The van der Waals surface area contributed by atoms with Crippen molar-refractivity contribution in [3.8, 4) is 0 Å². The van der Waals surface area contributed by atoms with E-state index in [9.17, 15) is 13.2 Å². The van der Waals surface area contributed by atoms with Gasteiger partial charge in [-0.05, 0) is 40.3 Å². The third-order valence-corrected chi connectivity index (χ3v) is 2.23. The van der Waals surface area contributed by atoms with Gasteiger partial charge in [-0.15, -0.1) is 0 Å². The van der Waals surface area contributed by atoms with Gasteiger partial charge < -0.3 is 5.73 Å². The van der Waals surface area contributed by atoms with Crippen molar-refractivity contribution in [1.82, 2.24) is 0 Å². The van der Waals surface area contributed by atoms with Crippen LogP contribution in [0.5, 0.6) is 0 Å². The highest BCUT2D eigenvalue weighted by molar-refractivity contribution is 14.1. The average Bonchev–Trinajstić information content (AvgIpc) is 2.01. The smallest absolute Gasteiger partial charge is 0.316 e. The Bertz CT molecular complexity index is 298. The lowest BCUT2D eigenvalue weighted by Crippen LogP contribution is -2.28. The molecule has 0 fully saturated rings. The summed E-state index contributed by atoms with van der Waals surface area (Å²) in [4.78, 5) is 0. The van der Waals surface area contributed by atoms with E-state index >= 15 is 0 Å². The molecule has 13 heavy (non-hydrogen) atoms. The maximum atomic E-state index is 12.1. The third-order valence-electron chi connectivity index (χ3n) is 1.56. The van der Waals surface area contributed by atoms with Crippen molar-refractivity contribution in [3.63, 3.8) is 0 Å². The van der Waals surface area contributed by atoms with Gasteiger partial charge in [-0.2, -0.15) is 13.2 Å². The summed E-state index contributed by atoms with van der Waals surface area (Å²) in [5.41, 5.74) is 5.11. The van der Waals surface area contributed by atoms with Gasteiger partial charge in [-0.3, -0.25) is 0 Å². The second-order valence-electron chi connectivity index (χ2n) is 2.57. The van der Waals surface area contributed by atoms with Crippen LogP contribution in [0.25, 0.3) is 0 Å². The molecule has 0 saturated heterocycles. The van der Waals surface area contributed by atoms with Crippen LogP contribution < -0.4 is 5.73 Å². The van der Waals surface area contributed by atoms with Crippen molar-refractivity contribution >= 4 is 22.6 Å². The molecule has 0 spiro atoms. The third kappa shape index (κ3) is 2.84. The number of halogens is 4. The van der Waals surface area contributed by atoms with E-state index < -0.39 is 12.2 Å². The number of hydrogen-bond donors (Lipinski definition) is 1. The van der Waals surface area contributed by atoms with Crippen molar-refractivity contribution < 1.29 is 13.2 Å². The molecule has 0 aromatic heterocycles. The summed E-state index contributed by atoms with van der Waals surface area (Å²) < 4.78 is 37.2. The van der Waals surface area contributed by atoms with Gasteiger partial charge in [-0.1, -0.05) is 12.1 Å². The molecule has 2 N–H and O–H groups in total. The van der Waals surface area contributed by atoms with Crippen LogP contribution >= 0.6 is 22.6 Å². The highest BCUT2D eigenvalue weighted by Crippen LogP contribution is 2.30. The summed E-state index contributed by atoms with van der Waals surface area (Å²) >= 11 is 1.94. The van der Waals surface area contributed by atoms with Crippen LogP contribution in [0.3, 0.4) is 0 Å². The molecule has 0 saturated carbocycles. The predicted octanol–water partition coefficient (Wildman–Crippen LogP) is 2.85. The van der Waals surface area contributed by atoms with E-state index in [0.717, 1.165) is 3.57 Å². The van der Waals surface area contributed by atoms with Crippen LogP contribution in [0.2, 0.25) is 0 Å². The largest absolute Gasteiger partial charge is 0.407 e. The summed E-state index contributed by atoms with van der Waals surface area (Å²) in [5.74, 6) is 0. The Kier molecular flexibility index (Phi) is 3.18. The molecule has 0 heterocycles. The van der Waals surface area contributed by atoms with Gasteiger partial charge in [-0.25, -0.2) is 0 Å². The molecule has 1 aromatic rings. The summed E-state index contributed by atoms with van der Waals surface area (Å²) in [6, 6.07) is 4.19. The molecule has 0 bridgehead atoms. The SMILES string of the molecule is N[C@@H](c1cccc(I)c1)C(F)(F)F. The minimum absolute atomic E-state index is 0.0967. The number of alkyl halides is 3. The maximum absolute atomic E-state index is 12.1. The molecule has 0 radical (unpaired) electrons. The van der Waals surface area contributed by atoms with Crippen LogP contribution in [0.4, 0.5) is 13.2 Å². The van der Waals surface area contributed by atoms with Gasteiger partial charge in [0, 0.05) is 3.57 Å². The Morgan fingerprint density at radius 2 is 1.92 bits per heavy atom. The first-order chi connectivity index (χ1) is 5.91. The van der Waals surface area contributed by atoms with Crippen molar-refractivity contribution in [2.75, 3.05) is 0 Å². The van der Waals surface area contributed by atoms with Crippen LogP contribution in [0.15, 0.2) is 24.3 Å². The zero-order valence-electron chi connectivity index (χ0n) is 6.48. The van der Waals surface area contributed by atoms with Gasteiger partial charge in [0.05, 0.1) is 0 Å². The first-order valence-corrected chi connectivity index (χ1v) is 4.57. The molecular weight excluding hydrogens is 294 g/mol. The Labute approximate surface area is 87.3 Å². The Morgan fingerprint density at radius 3 is 2.38 bits per heavy atom. The first kappa shape index (κ1) is 10.8. The predicted molar refractivity (Wildman–Crippen MR) is 52.1 cm³/mol. The second-order valence-corrected chi connectivity index (χ2v) is 3.82. The van der Waals surface area contributed by atoms with Crippen molar-refractivity contribution in [3.05, 3.63) is 33.4 Å². The zero-order valence-corrected chi connectivity index (χ0v) is 8.63. The molecule has 0 aliphatic rings. The molecule has 72 valence electrons. The summed E-state index contributed by atoms with van der Waals surface area (Å²) in [7, 11) is 0. The van der Waals surface area contributed by atoms with E-state index in [2.05, 4.69) is 0 Å². The fourth-order valence-electron chi connectivity index (χ4n) is 0.889. The molecule has 1 rings (SSSR count).